The number of rotatable bonds is 5. The molecule has 0 bridgehead atoms. The molecule has 1 aliphatic carbocycles. The molecule has 8 nitrogen and oxygen atoms in total. The van der Waals surface area contributed by atoms with Crippen molar-refractivity contribution in [1.29, 1.82) is 0 Å². The summed E-state index contributed by atoms with van der Waals surface area (Å²) in [6.45, 7) is 1.42. The van der Waals surface area contributed by atoms with Crippen LogP contribution in [0.4, 0.5) is 5.88 Å². The Morgan fingerprint density at radius 3 is 2.74 bits per heavy atom. The second-order valence-corrected chi connectivity index (χ2v) is 4.23. The highest BCUT2D eigenvalue weighted by Gasteiger charge is 2.28. The van der Waals surface area contributed by atoms with E-state index in [0.717, 1.165) is 25.0 Å². The molecule has 0 radical (unpaired) electrons. The number of nitrogens with zero attached hydrogens (tertiary/aromatic N) is 1. The van der Waals surface area contributed by atoms with Crippen molar-refractivity contribution in [1.82, 2.24) is 5.32 Å². The topological polar surface area (TPSA) is 112 Å². The lowest BCUT2D eigenvalue weighted by Crippen LogP contribution is -2.37. The predicted octanol–water partition coefficient (Wildman–Crippen LogP) is 1.01. The Kier molecular flexibility index (Phi) is 3.50. The average Bonchev–Trinajstić information content (AvgIpc) is 3.01. The molecule has 1 unspecified atom stereocenters. The quantitative estimate of drug-likeness (QED) is 0.484. The number of ether oxygens (including phenoxy) is 1. The van der Waals surface area contributed by atoms with Crippen LogP contribution in [0, 0.1) is 10.1 Å². The monoisotopic (exact) mass is 268 g/mol. The summed E-state index contributed by atoms with van der Waals surface area (Å²) in [5, 5.41) is 13.1. The second kappa shape index (κ2) is 5.09. The fourth-order valence-electron chi connectivity index (χ4n) is 1.35. The summed E-state index contributed by atoms with van der Waals surface area (Å²) in [6.07, 6.45) is 0.880. The molecular formula is C11H12N2O6. The Labute approximate surface area is 107 Å². The van der Waals surface area contributed by atoms with Crippen LogP contribution < -0.4 is 5.32 Å². The highest BCUT2D eigenvalue weighted by Crippen LogP contribution is 2.19. The number of hydrogen-bond donors (Lipinski definition) is 1. The molecule has 1 aromatic heterocycles. The number of amides is 1. The molecule has 1 amide bonds. The minimum atomic E-state index is -0.975. The first-order valence-electron chi connectivity index (χ1n) is 5.73. The van der Waals surface area contributed by atoms with Gasteiger partial charge in [-0.2, -0.15) is 0 Å². The third-order valence-corrected chi connectivity index (χ3v) is 2.55. The number of carbonyl (C=O) groups excluding carboxylic acids is 2. The summed E-state index contributed by atoms with van der Waals surface area (Å²) in [7, 11) is 0. The molecule has 1 saturated carbocycles. The average molecular weight is 268 g/mol. The number of nitro groups is 1. The predicted molar refractivity (Wildman–Crippen MR) is 61.4 cm³/mol. The van der Waals surface area contributed by atoms with Crippen molar-refractivity contribution in [2.45, 2.75) is 31.9 Å². The van der Waals surface area contributed by atoms with Crippen molar-refractivity contribution in [3.63, 3.8) is 0 Å². The van der Waals surface area contributed by atoms with Gasteiger partial charge in [-0.05, 0) is 25.8 Å². The van der Waals surface area contributed by atoms with Crippen molar-refractivity contribution in [2.75, 3.05) is 0 Å². The van der Waals surface area contributed by atoms with E-state index in [1.807, 2.05) is 0 Å². The second-order valence-electron chi connectivity index (χ2n) is 4.23. The van der Waals surface area contributed by atoms with Gasteiger partial charge in [-0.15, -0.1) is 0 Å². The summed E-state index contributed by atoms with van der Waals surface area (Å²) in [5.74, 6) is -2.16. The van der Waals surface area contributed by atoms with E-state index in [0.29, 0.717) is 0 Å². The molecule has 1 heterocycles. The van der Waals surface area contributed by atoms with Crippen LogP contribution in [0.1, 0.15) is 30.3 Å². The molecule has 1 atom stereocenters. The highest BCUT2D eigenvalue weighted by molar-refractivity contribution is 5.90. The van der Waals surface area contributed by atoms with Crippen molar-refractivity contribution in [2.24, 2.45) is 0 Å². The van der Waals surface area contributed by atoms with Crippen LogP contribution in [-0.2, 0) is 9.53 Å². The van der Waals surface area contributed by atoms with Gasteiger partial charge in [0.1, 0.15) is 4.92 Å². The van der Waals surface area contributed by atoms with E-state index in [9.17, 15) is 19.7 Å². The zero-order valence-corrected chi connectivity index (χ0v) is 10.1. The number of furan rings is 1. The van der Waals surface area contributed by atoms with Crippen molar-refractivity contribution in [3.8, 4) is 0 Å². The van der Waals surface area contributed by atoms with Gasteiger partial charge in [0.2, 0.25) is 5.76 Å². The maximum Gasteiger partial charge on any atom is 0.433 e. The van der Waals surface area contributed by atoms with E-state index in [4.69, 9.17) is 4.74 Å². The molecule has 1 aromatic rings. The fraction of sp³-hybridized carbons (Fsp3) is 0.455. The summed E-state index contributed by atoms with van der Waals surface area (Å²) in [6, 6.07) is 2.34. The molecule has 1 fully saturated rings. The van der Waals surface area contributed by atoms with Crippen LogP contribution in [0.2, 0.25) is 0 Å². The largest absolute Gasteiger partial charge is 0.447 e. The Morgan fingerprint density at radius 2 is 2.21 bits per heavy atom. The van der Waals surface area contributed by atoms with Gasteiger partial charge >= 0.3 is 11.9 Å². The Morgan fingerprint density at radius 1 is 1.53 bits per heavy atom. The van der Waals surface area contributed by atoms with E-state index < -0.39 is 28.8 Å². The van der Waals surface area contributed by atoms with E-state index in [1.54, 1.807) is 0 Å². The number of hydrogen-bond acceptors (Lipinski definition) is 6. The zero-order valence-electron chi connectivity index (χ0n) is 10.1. The summed E-state index contributed by atoms with van der Waals surface area (Å²) >= 11 is 0. The molecular weight excluding hydrogens is 256 g/mol. The molecule has 102 valence electrons. The molecule has 1 N–H and O–H groups in total. The Hall–Kier alpha value is -2.38. The van der Waals surface area contributed by atoms with Gasteiger partial charge in [0.15, 0.2) is 6.10 Å². The van der Waals surface area contributed by atoms with Crippen LogP contribution >= 0.6 is 0 Å². The van der Waals surface area contributed by atoms with Crippen LogP contribution in [0.3, 0.4) is 0 Å². The molecule has 2 rings (SSSR count). The van der Waals surface area contributed by atoms with Gasteiger partial charge in [-0.25, -0.2) is 4.79 Å². The normalized spacial score (nSPS) is 15.6. The van der Waals surface area contributed by atoms with Crippen LogP contribution in [0.25, 0.3) is 0 Å². The van der Waals surface area contributed by atoms with E-state index in [-0.39, 0.29) is 11.8 Å². The van der Waals surface area contributed by atoms with Gasteiger partial charge in [0.05, 0.1) is 6.07 Å². The van der Waals surface area contributed by atoms with Crippen LogP contribution in [0.5, 0.6) is 0 Å². The first-order chi connectivity index (χ1) is 8.97. The third kappa shape index (κ3) is 3.30. The fourth-order valence-corrected chi connectivity index (χ4v) is 1.35. The minimum absolute atomic E-state index is 0.165. The molecule has 0 aliphatic heterocycles. The van der Waals surface area contributed by atoms with Gasteiger partial charge < -0.3 is 14.5 Å². The standard InChI is InChI=1S/C11H12N2O6/c1-6(10(14)12-7-2-3-7)18-11(15)8-4-5-9(19-8)13(16)17/h4-7H,2-3H2,1H3,(H,12,14). The number of nitrogens with one attached hydrogen (secondary N) is 1. The third-order valence-electron chi connectivity index (χ3n) is 2.55. The summed E-state index contributed by atoms with van der Waals surface area (Å²) < 4.78 is 9.53. The lowest BCUT2D eigenvalue weighted by molar-refractivity contribution is -0.402. The number of esters is 1. The maximum absolute atomic E-state index is 11.6. The first kappa shape index (κ1) is 13.1. The van der Waals surface area contributed by atoms with Gasteiger partial charge in [-0.1, -0.05) is 0 Å². The van der Waals surface area contributed by atoms with E-state index >= 15 is 0 Å². The summed E-state index contributed by atoms with van der Waals surface area (Å²) in [5.41, 5.74) is 0. The van der Waals surface area contributed by atoms with E-state index in [2.05, 4.69) is 9.73 Å². The highest BCUT2D eigenvalue weighted by atomic mass is 16.7. The van der Waals surface area contributed by atoms with Crippen molar-refractivity contribution in [3.05, 3.63) is 28.0 Å². The molecule has 1 aliphatic rings. The van der Waals surface area contributed by atoms with Crippen molar-refractivity contribution >= 4 is 17.8 Å². The smallest absolute Gasteiger partial charge is 0.433 e. The molecule has 19 heavy (non-hydrogen) atoms. The maximum atomic E-state index is 11.6. The van der Waals surface area contributed by atoms with Gasteiger partial charge in [0.25, 0.3) is 5.91 Å². The SMILES string of the molecule is CC(OC(=O)c1ccc([N+](=O)[O-])o1)C(=O)NC1CC1. The molecule has 8 heteroatoms. The summed E-state index contributed by atoms with van der Waals surface area (Å²) in [4.78, 5) is 32.8. The first-order valence-corrected chi connectivity index (χ1v) is 5.73. The molecule has 0 saturated heterocycles. The van der Waals surface area contributed by atoms with Crippen molar-refractivity contribution < 1.29 is 23.7 Å². The lowest BCUT2D eigenvalue weighted by Gasteiger charge is -2.11. The van der Waals surface area contributed by atoms with Gasteiger partial charge in [-0.3, -0.25) is 14.9 Å². The molecule has 0 aromatic carbocycles. The lowest BCUT2D eigenvalue weighted by atomic mass is 10.3. The van der Waals surface area contributed by atoms with Crippen LogP contribution in [0.15, 0.2) is 16.5 Å². The van der Waals surface area contributed by atoms with Crippen LogP contribution in [-0.4, -0.2) is 28.9 Å². The minimum Gasteiger partial charge on any atom is -0.447 e. The Balaban J connectivity index is 1.91. The zero-order chi connectivity index (χ0) is 14.0. The van der Waals surface area contributed by atoms with Gasteiger partial charge in [0, 0.05) is 6.04 Å². The Bertz CT molecular complexity index is 519. The number of carbonyl (C=O) groups is 2. The molecule has 0 spiro atoms. The van der Waals surface area contributed by atoms with E-state index in [1.165, 1.54) is 6.92 Å².